The Bertz CT molecular complexity index is 968. The summed E-state index contributed by atoms with van der Waals surface area (Å²) >= 11 is 0. The number of pyridine rings is 1. The van der Waals surface area contributed by atoms with Crippen LogP contribution in [-0.4, -0.2) is 78.4 Å². The van der Waals surface area contributed by atoms with Crippen molar-refractivity contribution >= 4 is 21.4 Å². The van der Waals surface area contributed by atoms with Crippen molar-refractivity contribution in [3.63, 3.8) is 0 Å². The van der Waals surface area contributed by atoms with Crippen LogP contribution in [0.2, 0.25) is 0 Å². The van der Waals surface area contributed by atoms with Crippen molar-refractivity contribution in [3.8, 4) is 0 Å². The first-order valence-corrected chi connectivity index (χ1v) is 12.6. The summed E-state index contributed by atoms with van der Waals surface area (Å²) in [6.45, 7) is 8.77. The monoisotopic (exact) mass is 435 g/mol. The van der Waals surface area contributed by atoms with Gasteiger partial charge in [0.15, 0.2) is 5.69 Å². The molecule has 1 amide bonds. The first kappa shape index (κ1) is 22.7. The van der Waals surface area contributed by atoms with E-state index in [4.69, 9.17) is 4.98 Å². The lowest BCUT2D eigenvalue weighted by Gasteiger charge is -2.30. The van der Waals surface area contributed by atoms with Gasteiger partial charge in [0.2, 0.25) is 10.0 Å². The third kappa shape index (κ3) is 5.19. The minimum absolute atomic E-state index is 0.0346. The number of hydrogen-bond acceptors (Lipinski definition) is 5. The normalized spacial score (nSPS) is 18.2. The predicted octanol–water partition coefficient (Wildman–Crippen LogP) is 1.94. The molecular weight excluding hydrogens is 402 g/mol. The van der Waals surface area contributed by atoms with E-state index in [9.17, 15) is 13.2 Å². The van der Waals surface area contributed by atoms with E-state index in [1.54, 1.807) is 0 Å². The Balaban J connectivity index is 1.76. The van der Waals surface area contributed by atoms with Crippen LogP contribution in [-0.2, 0) is 10.0 Å². The minimum atomic E-state index is -3.24. The van der Waals surface area contributed by atoms with E-state index in [0.29, 0.717) is 25.3 Å². The molecule has 2 aromatic rings. The van der Waals surface area contributed by atoms with Gasteiger partial charge < -0.3 is 14.6 Å². The summed E-state index contributed by atoms with van der Waals surface area (Å²) in [4.78, 5) is 19.9. The van der Waals surface area contributed by atoms with Crippen LogP contribution in [0.4, 0.5) is 0 Å². The van der Waals surface area contributed by atoms with E-state index >= 15 is 0 Å². The molecule has 1 aliphatic rings. The van der Waals surface area contributed by atoms with E-state index in [2.05, 4.69) is 24.1 Å². The van der Waals surface area contributed by atoms with Gasteiger partial charge in [-0.05, 0) is 51.0 Å². The number of carbonyl (C=O) groups excluding carboxylic acids is 1. The molecule has 0 spiro atoms. The van der Waals surface area contributed by atoms with Crippen LogP contribution < -0.4 is 5.32 Å². The molecule has 0 bridgehead atoms. The number of nitrogens with zero attached hydrogens (tertiary/aromatic N) is 4. The van der Waals surface area contributed by atoms with Gasteiger partial charge in [0.05, 0.1) is 11.8 Å². The summed E-state index contributed by atoms with van der Waals surface area (Å²) in [6, 6.07) is 5.68. The number of aromatic nitrogens is 2. The molecular formula is C21H33N5O3S. The van der Waals surface area contributed by atoms with E-state index < -0.39 is 10.0 Å². The molecule has 0 radical (unpaired) electrons. The number of sulfonamides is 1. The highest BCUT2D eigenvalue weighted by molar-refractivity contribution is 7.88. The molecule has 1 unspecified atom stereocenters. The van der Waals surface area contributed by atoms with Crippen molar-refractivity contribution < 1.29 is 13.2 Å². The number of piperidine rings is 1. The van der Waals surface area contributed by atoms with Crippen LogP contribution in [0.1, 0.15) is 55.3 Å². The molecule has 0 saturated carbocycles. The van der Waals surface area contributed by atoms with Crippen LogP contribution in [0.3, 0.4) is 0 Å². The smallest absolute Gasteiger partial charge is 0.272 e. The number of fused-ring (bicyclic) bond motifs is 1. The number of amides is 1. The Morgan fingerprint density at radius 2 is 2.07 bits per heavy atom. The molecule has 1 saturated heterocycles. The SMILES string of the molecule is CCN(CC)CCCNC(=O)c1nc(C2CCCN(S(C)(=O)=O)C2)n2ccccc12. The number of rotatable bonds is 9. The van der Waals surface area contributed by atoms with E-state index in [1.807, 2.05) is 28.8 Å². The van der Waals surface area contributed by atoms with E-state index in [-0.39, 0.29) is 11.8 Å². The second kappa shape index (κ2) is 9.89. The van der Waals surface area contributed by atoms with E-state index in [1.165, 1.54) is 10.6 Å². The summed E-state index contributed by atoms with van der Waals surface area (Å²) in [5.74, 6) is 0.542. The van der Waals surface area contributed by atoms with Gasteiger partial charge in [0.25, 0.3) is 5.91 Å². The molecule has 1 aliphatic heterocycles. The van der Waals surface area contributed by atoms with Gasteiger partial charge in [-0.3, -0.25) is 4.79 Å². The van der Waals surface area contributed by atoms with Crippen LogP contribution in [0.5, 0.6) is 0 Å². The standard InChI is InChI=1S/C21H33N5O3S/c1-4-24(5-2)13-9-12-22-21(27)19-18-11-6-7-15-26(18)20(23-19)17-10-8-14-25(16-17)30(3,28)29/h6-7,11,15,17H,4-5,8-10,12-14,16H2,1-3H3,(H,22,27). The summed E-state index contributed by atoms with van der Waals surface area (Å²) in [5.41, 5.74) is 1.16. The second-order valence-electron chi connectivity index (χ2n) is 7.87. The number of carbonyl (C=O) groups is 1. The summed E-state index contributed by atoms with van der Waals surface area (Å²) in [7, 11) is -3.24. The molecule has 1 atom stereocenters. The van der Waals surface area contributed by atoms with E-state index in [0.717, 1.165) is 50.2 Å². The number of nitrogens with one attached hydrogen (secondary N) is 1. The van der Waals surface area contributed by atoms with Crippen molar-refractivity contribution in [2.24, 2.45) is 0 Å². The van der Waals surface area contributed by atoms with Gasteiger partial charge >= 0.3 is 0 Å². The third-order valence-corrected chi connectivity index (χ3v) is 7.11. The molecule has 8 nitrogen and oxygen atoms in total. The molecule has 30 heavy (non-hydrogen) atoms. The Kier molecular flexibility index (Phi) is 7.49. The van der Waals surface area contributed by atoms with Gasteiger partial charge in [-0.2, -0.15) is 0 Å². The maximum absolute atomic E-state index is 12.9. The van der Waals surface area contributed by atoms with Gasteiger partial charge in [-0.25, -0.2) is 17.7 Å². The lowest BCUT2D eigenvalue weighted by atomic mass is 9.99. The zero-order valence-electron chi connectivity index (χ0n) is 18.2. The van der Waals surface area contributed by atoms with Crippen molar-refractivity contribution in [3.05, 3.63) is 35.9 Å². The Morgan fingerprint density at radius 3 is 2.77 bits per heavy atom. The highest BCUT2D eigenvalue weighted by atomic mass is 32.2. The fourth-order valence-electron chi connectivity index (χ4n) is 4.10. The molecule has 2 aromatic heterocycles. The molecule has 0 aromatic carbocycles. The zero-order valence-corrected chi connectivity index (χ0v) is 19.0. The lowest BCUT2D eigenvalue weighted by molar-refractivity contribution is 0.0948. The third-order valence-electron chi connectivity index (χ3n) is 5.84. The fraction of sp³-hybridized carbons (Fsp3) is 0.619. The maximum Gasteiger partial charge on any atom is 0.272 e. The quantitative estimate of drug-likeness (QED) is 0.608. The maximum atomic E-state index is 12.9. The van der Waals surface area contributed by atoms with Crippen LogP contribution in [0, 0.1) is 0 Å². The van der Waals surface area contributed by atoms with Crippen molar-refractivity contribution in [1.82, 2.24) is 23.9 Å². The first-order chi connectivity index (χ1) is 14.3. The zero-order chi connectivity index (χ0) is 21.7. The van der Waals surface area contributed by atoms with Gasteiger partial charge in [-0.1, -0.05) is 19.9 Å². The topological polar surface area (TPSA) is 87.0 Å². The molecule has 1 N–H and O–H groups in total. The lowest BCUT2D eigenvalue weighted by Crippen LogP contribution is -2.38. The number of hydrogen-bond donors (Lipinski definition) is 1. The summed E-state index contributed by atoms with van der Waals surface area (Å²) in [6.07, 6.45) is 5.67. The van der Waals surface area contributed by atoms with Crippen molar-refractivity contribution in [1.29, 1.82) is 0 Å². The fourth-order valence-corrected chi connectivity index (χ4v) is 5.01. The number of imidazole rings is 1. The second-order valence-corrected chi connectivity index (χ2v) is 9.85. The summed E-state index contributed by atoms with van der Waals surface area (Å²) < 4.78 is 27.5. The Hall–Kier alpha value is -1.97. The Morgan fingerprint density at radius 1 is 1.30 bits per heavy atom. The van der Waals surface area contributed by atoms with Crippen LogP contribution in [0.15, 0.2) is 24.4 Å². The van der Waals surface area contributed by atoms with Crippen LogP contribution in [0.25, 0.3) is 5.52 Å². The van der Waals surface area contributed by atoms with Crippen molar-refractivity contribution in [2.75, 3.05) is 45.5 Å². The molecule has 3 rings (SSSR count). The molecule has 3 heterocycles. The van der Waals surface area contributed by atoms with Gasteiger partial charge in [0.1, 0.15) is 5.82 Å². The average Bonchev–Trinajstić information content (AvgIpc) is 3.13. The van der Waals surface area contributed by atoms with Gasteiger partial charge in [0, 0.05) is 31.7 Å². The molecule has 9 heteroatoms. The first-order valence-electron chi connectivity index (χ1n) is 10.8. The minimum Gasteiger partial charge on any atom is -0.351 e. The predicted molar refractivity (Wildman–Crippen MR) is 118 cm³/mol. The van der Waals surface area contributed by atoms with Crippen LogP contribution >= 0.6 is 0 Å². The molecule has 166 valence electrons. The molecule has 1 fully saturated rings. The summed E-state index contributed by atoms with van der Waals surface area (Å²) in [5, 5.41) is 3.00. The highest BCUT2D eigenvalue weighted by Crippen LogP contribution is 2.29. The highest BCUT2D eigenvalue weighted by Gasteiger charge is 2.30. The van der Waals surface area contributed by atoms with Crippen molar-refractivity contribution in [2.45, 2.75) is 39.0 Å². The molecule has 0 aliphatic carbocycles. The van der Waals surface area contributed by atoms with Gasteiger partial charge in [-0.15, -0.1) is 0 Å². The largest absolute Gasteiger partial charge is 0.351 e. The average molecular weight is 436 g/mol. The Labute approximate surface area is 179 Å².